The van der Waals surface area contributed by atoms with Crippen LogP contribution in [0.2, 0.25) is 0 Å². The number of H-pyrrole nitrogens is 1. The molecule has 0 bridgehead atoms. The fourth-order valence-electron chi connectivity index (χ4n) is 1.70. The Hall–Kier alpha value is -2.14. The highest BCUT2D eigenvalue weighted by Gasteiger charge is 1.99. The molecule has 90 valence electrons. The number of hydrogen-bond donors (Lipinski definition) is 2. The summed E-state index contributed by atoms with van der Waals surface area (Å²) in [5.41, 5.74) is 3.25. The van der Waals surface area contributed by atoms with Crippen LogP contribution < -0.4 is 5.32 Å². The van der Waals surface area contributed by atoms with Crippen molar-refractivity contribution in [3.05, 3.63) is 53.4 Å². The number of anilines is 1. The van der Waals surface area contributed by atoms with Crippen molar-refractivity contribution in [1.82, 2.24) is 15.0 Å². The molecule has 0 fully saturated rings. The molecule has 2 aromatic heterocycles. The molecule has 0 saturated carbocycles. The van der Waals surface area contributed by atoms with Gasteiger partial charge in [-0.1, -0.05) is 12.1 Å². The van der Waals surface area contributed by atoms with Crippen molar-refractivity contribution in [2.75, 3.05) is 5.32 Å². The smallest absolute Gasteiger partial charge is 0.112 e. The zero-order valence-corrected chi connectivity index (χ0v) is 10.4. The van der Waals surface area contributed by atoms with Crippen LogP contribution in [0.1, 0.15) is 5.01 Å². The maximum atomic E-state index is 4.23. The van der Waals surface area contributed by atoms with Gasteiger partial charge in [-0.25, -0.2) is 9.97 Å². The molecule has 4 nitrogen and oxygen atoms in total. The van der Waals surface area contributed by atoms with E-state index in [0.717, 1.165) is 28.5 Å². The lowest BCUT2D eigenvalue weighted by molar-refractivity contribution is 1.10. The average molecular weight is 256 g/mol. The molecule has 0 unspecified atom stereocenters. The van der Waals surface area contributed by atoms with Crippen molar-refractivity contribution >= 4 is 17.0 Å². The molecule has 18 heavy (non-hydrogen) atoms. The highest BCUT2D eigenvalue weighted by Crippen LogP contribution is 2.19. The molecule has 3 rings (SSSR count). The average Bonchev–Trinajstić information content (AvgIpc) is 3.10. The molecule has 0 aliphatic rings. The third-order valence-corrected chi connectivity index (χ3v) is 3.40. The van der Waals surface area contributed by atoms with Crippen LogP contribution in [0.4, 0.5) is 5.69 Å². The van der Waals surface area contributed by atoms with Crippen LogP contribution in [-0.4, -0.2) is 15.0 Å². The molecule has 1 aromatic carbocycles. The number of benzene rings is 1. The number of rotatable bonds is 4. The van der Waals surface area contributed by atoms with Gasteiger partial charge in [-0.2, -0.15) is 0 Å². The van der Waals surface area contributed by atoms with E-state index in [1.807, 2.05) is 17.8 Å². The molecule has 0 aliphatic heterocycles. The van der Waals surface area contributed by atoms with E-state index >= 15 is 0 Å². The van der Waals surface area contributed by atoms with Crippen LogP contribution in [-0.2, 0) is 6.54 Å². The third-order valence-electron chi connectivity index (χ3n) is 2.62. The summed E-state index contributed by atoms with van der Waals surface area (Å²) in [5.74, 6) is 0. The summed E-state index contributed by atoms with van der Waals surface area (Å²) in [6, 6.07) is 8.25. The van der Waals surface area contributed by atoms with E-state index in [-0.39, 0.29) is 0 Å². The van der Waals surface area contributed by atoms with E-state index in [1.54, 1.807) is 17.7 Å². The Morgan fingerprint density at radius 3 is 2.78 bits per heavy atom. The van der Waals surface area contributed by atoms with Gasteiger partial charge >= 0.3 is 0 Å². The Balaban J connectivity index is 1.68. The van der Waals surface area contributed by atoms with E-state index in [1.165, 1.54) is 0 Å². The molecule has 0 aliphatic carbocycles. The zero-order chi connectivity index (χ0) is 12.2. The number of aromatic amines is 1. The van der Waals surface area contributed by atoms with Gasteiger partial charge in [0.25, 0.3) is 0 Å². The van der Waals surface area contributed by atoms with E-state index in [9.17, 15) is 0 Å². The Morgan fingerprint density at radius 1 is 1.22 bits per heavy atom. The van der Waals surface area contributed by atoms with Crippen LogP contribution in [0, 0.1) is 0 Å². The largest absolute Gasteiger partial charge is 0.379 e. The number of hydrogen-bond acceptors (Lipinski definition) is 4. The normalized spacial score (nSPS) is 10.4. The van der Waals surface area contributed by atoms with Gasteiger partial charge in [0, 0.05) is 17.3 Å². The molecular formula is C13H12N4S. The number of aromatic nitrogens is 3. The highest BCUT2D eigenvalue weighted by atomic mass is 32.1. The van der Waals surface area contributed by atoms with Gasteiger partial charge in [0.15, 0.2) is 0 Å². The van der Waals surface area contributed by atoms with Gasteiger partial charge in [-0.05, 0) is 17.7 Å². The first kappa shape index (κ1) is 11.0. The summed E-state index contributed by atoms with van der Waals surface area (Å²) in [5, 5.41) is 6.42. The Morgan fingerprint density at radius 2 is 2.11 bits per heavy atom. The number of nitrogens with zero attached hydrogens (tertiary/aromatic N) is 2. The fraction of sp³-hybridized carbons (Fsp3) is 0.0769. The van der Waals surface area contributed by atoms with E-state index in [2.05, 4.69) is 44.5 Å². The molecule has 0 spiro atoms. The van der Waals surface area contributed by atoms with E-state index in [0.29, 0.717) is 0 Å². The molecular weight excluding hydrogens is 244 g/mol. The molecule has 2 heterocycles. The van der Waals surface area contributed by atoms with Crippen molar-refractivity contribution in [3.8, 4) is 11.3 Å². The Labute approximate surface area is 109 Å². The fourth-order valence-corrected chi connectivity index (χ4v) is 2.26. The van der Waals surface area contributed by atoms with Gasteiger partial charge in [0.2, 0.25) is 0 Å². The molecule has 2 N–H and O–H groups in total. The van der Waals surface area contributed by atoms with Crippen LogP contribution in [0.5, 0.6) is 0 Å². The van der Waals surface area contributed by atoms with Gasteiger partial charge in [0.1, 0.15) is 5.01 Å². The molecule has 3 aromatic rings. The highest BCUT2D eigenvalue weighted by molar-refractivity contribution is 7.09. The summed E-state index contributed by atoms with van der Waals surface area (Å²) in [6.07, 6.45) is 5.32. The summed E-state index contributed by atoms with van der Waals surface area (Å²) in [6.45, 7) is 0.765. The zero-order valence-electron chi connectivity index (χ0n) is 9.63. The summed E-state index contributed by atoms with van der Waals surface area (Å²) >= 11 is 1.66. The minimum absolute atomic E-state index is 0.765. The summed E-state index contributed by atoms with van der Waals surface area (Å²) in [7, 11) is 0. The predicted octanol–water partition coefficient (Wildman–Crippen LogP) is 3.15. The maximum absolute atomic E-state index is 4.23. The lowest BCUT2D eigenvalue weighted by atomic mass is 10.1. The first-order valence-corrected chi connectivity index (χ1v) is 6.51. The van der Waals surface area contributed by atoms with Crippen molar-refractivity contribution < 1.29 is 0 Å². The number of nitrogens with one attached hydrogen (secondary N) is 2. The molecule has 5 heteroatoms. The summed E-state index contributed by atoms with van der Waals surface area (Å²) < 4.78 is 0. The van der Waals surface area contributed by atoms with Crippen molar-refractivity contribution in [2.45, 2.75) is 6.54 Å². The quantitative estimate of drug-likeness (QED) is 0.754. The second-order valence-electron chi connectivity index (χ2n) is 3.82. The summed E-state index contributed by atoms with van der Waals surface area (Å²) in [4.78, 5) is 11.3. The molecule has 0 radical (unpaired) electrons. The minimum Gasteiger partial charge on any atom is -0.379 e. The van der Waals surface area contributed by atoms with Crippen LogP contribution in [0.25, 0.3) is 11.3 Å². The molecule has 0 amide bonds. The molecule has 0 atom stereocenters. The Kier molecular flexibility index (Phi) is 3.06. The third kappa shape index (κ3) is 2.41. The topological polar surface area (TPSA) is 53.6 Å². The Bertz CT molecular complexity index is 584. The maximum Gasteiger partial charge on any atom is 0.112 e. The minimum atomic E-state index is 0.765. The predicted molar refractivity (Wildman–Crippen MR) is 73.5 cm³/mol. The lowest BCUT2D eigenvalue weighted by Gasteiger charge is -2.05. The van der Waals surface area contributed by atoms with Gasteiger partial charge in [-0.3, -0.25) is 0 Å². The standard InChI is InChI=1S/C13H12N4S/c1-3-11(16-8-13-15-5-6-18-13)4-2-10(1)12-7-14-9-17-12/h1-7,9,16H,8H2,(H,14,17). The molecule has 0 saturated heterocycles. The van der Waals surface area contributed by atoms with Crippen LogP contribution in [0.15, 0.2) is 48.4 Å². The first-order valence-electron chi connectivity index (χ1n) is 5.63. The number of imidazole rings is 1. The SMILES string of the molecule is c1csc(CNc2ccc(-c3cnc[nH]3)cc2)n1. The lowest BCUT2D eigenvalue weighted by Crippen LogP contribution is -1.98. The van der Waals surface area contributed by atoms with Gasteiger partial charge in [-0.15, -0.1) is 11.3 Å². The van der Waals surface area contributed by atoms with Crippen molar-refractivity contribution in [3.63, 3.8) is 0 Å². The second kappa shape index (κ2) is 5.01. The van der Waals surface area contributed by atoms with Crippen LogP contribution in [0.3, 0.4) is 0 Å². The second-order valence-corrected chi connectivity index (χ2v) is 4.80. The number of thiazole rings is 1. The van der Waals surface area contributed by atoms with Crippen molar-refractivity contribution in [2.24, 2.45) is 0 Å². The first-order chi connectivity index (χ1) is 8.92. The van der Waals surface area contributed by atoms with E-state index in [4.69, 9.17) is 0 Å². The van der Waals surface area contributed by atoms with E-state index < -0.39 is 0 Å². The van der Waals surface area contributed by atoms with Crippen molar-refractivity contribution in [1.29, 1.82) is 0 Å². The van der Waals surface area contributed by atoms with Gasteiger partial charge < -0.3 is 10.3 Å². The van der Waals surface area contributed by atoms with Crippen LogP contribution >= 0.6 is 11.3 Å². The monoisotopic (exact) mass is 256 g/mol. The van der Waals surface area contributed by atoms with Gasteiger partial charge in [0.05, 0.1) is 24.8 Å².